The molecule has 1 aromatic heterocycles. The third kappa shape index (κ3) is 1.55. The molecule has 0 fully saturated rings. The second kappa shape index (κ2) is 3.18. The lowest BCUT2D eigenvalue weighted by atomic mass is 10.2. The Kier molecular flexibility index (Phi) is 2.02. The summed E-state index contributed by atoms with van der Waals surface area (Å²) in [6, 6.07) is 7.67. The molecule has 0 unspecified atom stereocenters. The molecule has 1 heterocycles. The number of halogens is 1. The number of nitrogen functional groups attached to an aromatic ring is 1. The second-order valence-corrected chi connectivity index (χ2v) is 3.29. The van der Waals surface area contributed by atoms with Crippen molar-refractivity contribution in [3.8, 4) is 11.4 Å². The summed E-state index contributed by atoms with van der Waals surface area (Å²) >= 11 is 3.38. The number of hydrogen-bond acceptors (Lipinski definition) is 4. The summed E-state index contributed by atoms with van der Waals surface area (Å²) in [7, 11) is 0. The Morgan fingerprint density at radius 3 is 2.69 bits per heavy atom. The van der Waals surface area contributed by atoms with Gasteiger partial charge in [0.1, 0.15) is 0 Å². The molecule has 0 amide bonds. The molecular weight excluding hydrogens is 234 g/mol. The van der Waals surface area contributed by atoms with Gasteiger partial charge in [-0.25, -0.2) is 0 Å². The van der Waals surface area contributed by atoms with Crippen molar-refractivity contribution < 1.29 is 4.52 Å². The van der Waals surface area contributed by atoms with Crippen LogP contribution in [-0.2, 0) is 0 Å². The van der Waals surface area contributed by atoms with Crippen LogP contribution in [-0.4, -0.2) is 10.1 Å². The van der Waals surface area contributed by atoms with Crippen molar-refractivity contribution in [2.45, 2.75) is 0 Å². The fourth-order valence-electron chi connectivity index (χ4n) is 0.987. The van der Waals surface area contributed by atoms with E-state index in [-0.39, 0.29) is 6.01 Å². The molecule has 4 nitrogen and oxygen atoms in total. The Morgan fingerprint density at radius 2 is 2.08 bits per heavy atom. The predicted octanol–water partition coefficient (Wildman–Crippen LogP) is 2.08. The third-order valence-electron chi connectivity index (χ3n) is 1.56. The van der Waals surface area contributed by atoms with E-state index < -0.39 is 0 Å². The number of nitrogens with two attached hydrogens (primary N) is 1. The van der Waals surface area contributed by atoms with Crippen molar-refractivity contribution in [2.75, 3.05) is 5.73 Å². The SMILES string of the molecule is Nc1nc(-c2ccccc2Br)no1. The normalized spacial score (nSPS) is 10.2. The minimum Gasteiger partial charge on any atom is -0.351 e. The highest BCUT2D eigenvalue weighted by atomic mass is 79.9. The van der Waals surface area contributed by atoms with Crippen LogP contribution < -0.4 is 5.73 Å². The molecule has 0 aliphatic rings. The zero-order chi connectivity index (χ0) is 9.26. The number of anilines is 1. The lowest BCUT2D eigenvalue weighted by molar-refractivity contribution is 0.437. The smallest absolute Gasteiger partial charge is 0.319 e. The van der Waals surface area contributed by atoms with Crippen LogP contribution in [0, 0.1) is 0 Å². The Hall–Kier alpha value is -1.36. The van der Waals surface area contributed by atoms with Crippen LogP contribution in [0.15, 0.2) is 33.3 Å². The van der Waals surface area contributed by atoms with Gasteiger partial charge in [-0.3, -0.25) is 0 Å². The summed E-state index contributed by atoms with van der Waals surface area (Å²) in [5, 5.41) is 3.71. The van der Waals surface area contributed by atoms with Gasteiger partial charge in [0.15, 0.2) is 0 Å². The van der Waals surface area contributed by atoms with Crippen molar-refractivity contribution in [1.29, 1.82) is 0 Å². The van der Waals surface area contributed by atoms with Crippen LogP contribution in [0.25, 0.3) is 11.4 Å². The Bertz CT molecular complexity index is 427. The van der Waals surface area contributed by atoms with E-state index in [0.29, 0.717) is 5.82 Å². The van der Waals surface area contributed by atoms with Gasteiger partial charge in [-0.2, -0.15) is 4.98 Å². The third-order valence-corrected chi connectivity index (χ3v) is 2.25. The first-order valence-corrected chi connectivity index (χ1v) is 4.41. The molecule has 0 saturated heterocycles. The van der Waals surface area contributed by atoms with Gasteiger partial charge in [0.25, 0.3) is 0 Å². The van der Waals surface area contributed by atoms with Gasteiger partial charge in [0.05, 0.1) is 0 Å². The molecule has 66 valence electrons. The molecule has 0 saturated carbocycles. The van der Waals surface area contributed by atoms with Gasteiger partial charge in [-0.1, -0.05) is 33.2 Å². The first kappa shape index (κ1) is 8.25. The molecule has 0 radical (unpaired) electrons. The monoisotopic (exact) mass is 239 g/mol. The molecule has 0 aliphatic carbocycles. The summed E-state index contributed by atoms with van der Waals surface area (Å²) in [6.45, 7) is 0. The minimum atomic E-state index is 0.0748. The van der Waals surface area contributed by atoms with Gasteiger partial charge in [0.2, 0.25) is 5.82 Å². The average molecular weight is 240 g/mol. The Morgan fingerprint density at radius 1 is 1.31 bits per heavy atom. The molecule has 2 N–H and O–H groups in total. The minimum absolute atomic E-state index is 0.0748. The van der Waals surface area contributed by atoms with Crippen molar-refractivity contribution in [3.63, 3.8) is 0 Å². The van der Waals surface area contributed by atoms with Gasteiger partial charge in [-0.05, 0) is 12.1 Å². The maximum atomic E-state index is 5.31. The van der Waals surface area contributed by atoms with E-state index in [4.69, 9.17) is 5.73 Å². The van der Waals surface area contributed by atoms with Crippen LogP contribution in [0.4, 0.5) is 6.01 Å². The van der Waals surface area contributed by atoms with Gasteiger partial charge >= 0.3 is 6.01 Å². The van der Waals surface area contributed by atoms with E-state index in [1.165, 1.54) is 0 Å². The van der Waals surface area contributed by atoms with E-state index >= 15 is 0 Å². The summed E-state index contributed by atoms with van der Waals surface area (Å²) in [5.74, 6) is 0.491. The highest BCUT2D eigenvalue weighted by Crippen LogP contribution is 2.25. The van der Waals surface area contributed by atoms with E-state index in [2.05, 4.69) is 30.6 Å². The van der Waals surface area contributed by atoms with Gasteiger partial charge in [-0.15, -0.1) is 0 Å². The maximum absolute atomic E-state index is 5.31. The molecule has 2 aromatic rings. The highest BCUT2D eigenvalue weighted by Gasteiger charge is 2.08. The summed E-state index contributed by atoms with van der Waals surface area (Å²) in [4.78, 5) is 3.91. The predicted molar refractivity (Wildman–Crippen MR) is 51.8 cm³/mol. The molecule has 0 spiro atoms. The Labute approximate surface area is 82.9 Å². The standard InChI is InChI=1S/C8H6BrN3O/c9-6-4-2-1-3-5(6)7-11-8(10)13-12-7/h1-4H,(H2,10,11,12). The van der Waals surface area contributed by atoms with Gasteiger partial charge < -0.3 is 10.3 Å². The average Bonchev–Trinajstić information content (AvgIpc) is 2.53. The van der Waals surface area contributed by atoms with Crippen molar-refractivity contribution in [2.24, 2.45) is 0 Å². The quantitative estimate of drug-likeness (QED) is 0.828. The van der Waals surface area contributed by atoms with Crippen LogP contribution in [0.2, 0.25) is 0 Å². The Balaban J connectivity index is 2.52. The fourth-order valence-corrected chi connectivity index (χ4v) is 1.45. The van der Waals surface area contributed by atoms with E-state index in [1.807, 2.05) is 24.3 Å². The first-order valence-electron chi connectivity index (χ1n) is 3.61. The number of hydrogen-bond donors (Lipinski definition) is 1. The summed E-state index contributed by atoms with van der Waals surface area (Å²) in [6.07, 6.45) is 0. The van der Waals surface area contributed by atoms with E-state index in [0.717, 1.165) is 10.0 Å². The summed E-state index contributed by atoms with van der Waals surface area (Å²) < 4.78 is 5.58. The maximum Gasteiger partial charge on any atom is 0.319 e. The van der Waals surface area contributed by atoms with E-state index in [9.17, 15) is 0 Å². The molecule has 5 heteroatoms. The van der Waals surface area contributed by atoms with Crippen molar-refractivity contribution in [3.05, 3.63) is 28.7 Å². The first-order chi connectivity index (χ1) is 6.27. The number of rotatable bonds is 1. The number of nitrogens with zero attached hydrogens (tertiary/aromatic N) is 2. The largest absolute Gasteiger partial charge is 0.351 e. The molecule has 2 rings (SSSR count). The highest BCUT2D eigenvalue weighted by molar-refractivity contribution is 9.10. The molecule has 13 heavy (non-hydrogen) atoms. The molecule has 0 atom stereocenters. The topological polar surface area (TPSA) is 64.9 Å². The van der Waals surface area contributed by atoms with Crippen LogP contribution in [0.5, 0.6) is 0 Å². The molecule has 1 aromatic carbocycles. The summed E-state index contributed by atoms with van der Waals surface area (Å²) in [5.41, 5.74) is 6.17. The fraction of sp³-hybridized carbons (Fsp3) is 0. The van der Waals surface area contributed by atoms with Crippen LogP contribution >= 0.6 is 15.9 Å². The zero-order valence-corrected chi connectivity index (χ0v) is 8.15. The number of aromatic nitrogens is 2. The van der Waals surface area contributed by atoms with Crippen molar-refractivity contribution in [1.82, 2.24) is 10.1 Å². The van der Waals surface area contributed by atoms with Gasteiger partial charge in [0, 0.05) is 10.0 Å². The molecule has 0 bridgehead atoms. The molecule has 0 aliphatic heterocycles. The van der Waals surface area contributed by atoms with Crippen LogP contribution in [0.1, 0.15) is 0 Å². The van der Waals surface area contributed by atoms with E-state index in [1.54, 1.807) is 0 Å². The molecular formula is C8H6BrN3O. The zero-order valence-electron chi connectivity index (χ0n) is 6.57. The lowest BCUT2D eigenvalue weighted by Crippen LogP contribution is -1.84. The van der Waals surface area contributed by atoms with Crippen molar-refractivity contribution >= 4 is 21.9 Å². The number of benzene rings is 1. The second-order valence-electron chi connectivity index (χ2n) is 2.44. The van der Waals surface area contributed by atoms with Crippen LogP contribution in [0.3, 0.4) is 0 Å². The lowest BCUT2D eigenvalue weighted by Gasteiger charge is -1.95.